The Morgan fingerprint density at radius 1 is 1.40 bits per heavy atom. The number of H-pyrrole nitrogens is 1. The van der Waals surface area contributed by atoms with E-state index in [2.05, 4.69) is 27.6 Å². The number of nitrogens with one attached hydrogen (secondary N) is 2. The van der Waals surface area contributed by atoms with Gasteiger partial charge in [-0.3, -0.25) is 0 Å². The van der Waals surface area contributed by atoms with Gasteiger partial charge in [0.25, 0.3) is 0 Å². The standard InChI is InChI=1S/C15H16ClN3S/c1-9-8-20-15(18-9)10(2)17-7-13-14(16)11-5-3-4-6-12(11)19-13/h3-6,8,10,17,19H,7H2,1-2H3. The van der Waals surface area contributed by atoms with Gasteiger partial charge in [0.2, 0.25) is 0 Å². The number of nitrogens with zero attached hydrogens (tertiary/aromatic N) is 1. The van der Waals surface area contributed by atoms with Crippen molar-refractivity contribution in [2.75, 3.05) is 0 Å². The molecule has 1 unspecified atom stereocenters. The summed E-state index contributed by atoms with van der Waals surface area (Å²) in [5, 5.41) is 8.52. The van der Waals surface area contributed by atoms with Crippen molar-refractivity contribution < 1.29 is 0 Å². The molecule has 0 radical (unpaired) electrons. The number of hydrogen-bond acceptors (Lipinski definition) is 3. The van der Waals surface area contributed by atoms with Crippen LogP contribution in [0.5, 0.6) is 0 Å². The summed E-state index contributed by atoms with van der Waals surface area (Å²) in [6.45, 7) is 4.84. The van der Waals surface area contributed by atoms with Gasteiger partial charge in [0.1, 0.15) is 5.01 Å². The van der Waals surface area contributed by atoms with Gasteiger partial charge in [0.15, 0.2) is 0 Å². The summed E-state index contributed by atoms with van der Waals surface area (Å²) in [4.78, 5) is 7.87. The third kappa shape index (κ3) is 2.59. The molecule has 0 spiro atoms. The van der Waals surface area contributed by atoms with Crippen molar-refractivity contribution in [2.45, 2.75) is 26.4 Å². The molecule has 3 rings (SSSR count). The molecule has 0 aliphatic rings. The zero-order valence-corrected chi connectivity index (χ0v) is 13.0. The lowest BCUT2D eigenvalue weighted by molar-refractivity contribution is 0.566. The molecule has 2 N–H and O–H groups in total. The highest BCUT2D eigenvalue weighted by Gasteiger charge is 2.12. The minimum absolute atomic E-state index is 0.219. The molecule has 0 saturated carbocycles. The van der Waals surface area contributed by atoms with E-state index >= 15 is 0 Å². The van der Waals surface area contributed by atoms with Crippen molar-refractivity contribution in [1.29, 1.82) is 0 Å². The maximum Gasteiger partial charge on any atom is 0.110 e. The lowest BCUT2D eigenvalue weighted by Crippen LogP contribution is -2.18. The van der Waals surface area contributed by atoms with E-state index in [9.17, 15) is 0 Å². The number of aryl methyl sites for hydroxylation is 1. The number of para-hydroxylation sites is 1. The average molecular weight is 306 g/mol. The predicted molar refractivity (Wildman–Crippen MR) is 85.4 cm³/mol. The Morgan fingerprint density at radius 3 is 2.90 bits per heavy atom. The van der Waals surface area contributed by atoms with Crippen molar-refractivity contribution in [2.24, 2.45) is 0 Å². The molecular weight excluding hydrogens is 290 g/mol. The largest absolute Gasteiger partial charge is 0.356 e. The summed E-state index contributed by atoms with van der Waals surface area (Å²) in [5.41, 5.74) is 3.17. The highest BCUT2D eigenvalue weighted by molar-refractivity contribution is 7.09. The average Bonchev–Trinajstić information content (AvgIpc) is 3.01. The molecule has 0 fully saturated rings. The molecule has 5 heteroatoms. The van der Waals surface area contributed by atoms with Crippen LogP contribution in [0.25, 0.3) is 10.9 Å². The van der Waals surface area contributed by atoms with E-state index in [1.165, 1.54) is 0 Å². The topological polar surface area (TPSA) is 40.7 Å². The second-order valence-electron chi connectivity index (χ2n) is 4.89. The van der Waals surface area contributed by atoms with E-state index in [1.807, 2.05) is 31.2 Å². The fourth-order valence-electron chi connectivity index (χ4n) is 2.20. The van der Waals surface area contributed by atoms with Gasteiger partial charge in [0.05, 0.1) is 11.1 Å². The Balaban J connectivity index is 1.75. The molecular formula is C15H16ClN3S. The summed E-state index contributed by atoms with van der Waals surface area (Å²) >= 11 is 8.09. The first-order valence-corrected chi connectivity index (χ1v) is 7.81. The summed E-state index contributed by atoms with van der Waals surface area (Å²) < 4.78 is 0. The van der Waals surface area contributed by atoms with Gasteiger partial charge in [-0.05, 0) is 19.9 Å². The van der Waals surface area contributed by atoms with Gasteiger partial charge < -0.3 is 10.3 Å². The molecule has 0 bridgehead atoms. The van der Waals surface area contributed by atoms with Crippen molar-refractivity contribution in [3.8, 4) is 0 Å². The lowest BCUT2D eigenvalue weighted by Gasteiger charge is -2.10. The van der Waals surface area contributed by atoms with Crippen LogP contribution in [0.15, 0.2) is 29.6 Å². The fourth-order valence-corrected chi connectivity index (χ4v) is 3.31. The Hall–Kier alpha value is -1.36. The second-order valence-corrected chi connectivity index (χ2v) is 6.16. The lowest BCUT2D eigenvalue weighted by atomic mass is 10.2. The van der Waals surface area contributed by atoms with Crippen LogP contribution < -0.4 is 5.32 Å². The minimum atomic E-state index is 0.219. The molecule has 0 saturated heterocycles. The van der Waals surface area contributed by atoms with Gasteiger partial charge in [0, 0.05) is 34.2 Å². The zero-order valence-electron chi connectivity index (χ0n) is 11.4. The van der Waals surface area contributed by atoms with Crippen LogP contribution in [0.4, 0.5) is 0 Å². The molecule has 3 nitrogen and oxygen atoms in total. The number of aromatic nitrogens is 2. The van der Waals surface area contributed by atoms with Crippen LogP contribution in [-0.2, 0) is 6.54 Å². The van der Waals surface area contributed by atoms with Gasteiger partial charge in [-0.25, -0.2) is 4.98 Å². The molecule has 104 valence electrons. The maximum absolute atomic E-state index is 6.41. The van der Waals surface area contributed by atoms with Crippen LogP contribution in [0, 0.1) is 6.92 Å². The quantitative estimate of drug-likeness (QED) is 0.748. The van der Waals surface area contributed by atoms with Crippen LogP contribution in [0.3, 0.4) is 0 Å². The third-order valence-electron chi connectivity index (χ3n) is 3.31. The number of aromatic amines is 1. The monoisotopic (exact) mass is 305 g/mol. The van der Waals surface area contributed by atoms with E-state index in [-0.39, 0.29) is 6.04 Å². The van der Waals surface area contributed by atoms with Crippen LogP contribution in [0.1, 0.15) is 29.4 Å². The van der Waals surface area contributed by atoms with E-state index in [0.29, 0.717) is 6.54 Å². The maximum atomic E-state index is 6.41. The molecule has 0 amide bonds. The van der Waals surface area contributed by atoms with Crippen molar-refractivity contribution in [1.82, 2.24) is 15.3 Å². The third-order valence-corrected chi connectivity index (χ3v) is 4.88. The van der Waals surface area contributed by atoms with Gasteiger partial charge in [-0.1, -0.05) is 29.8 Å². The highest BCUT2D eigenvalue weighted by atomic mass is 35.5. The predicted octanol–water partition coefficient (Wildman–Crippen LogP) is 4.44. The number of hydrogen-bond donors (Lipinski definition) is 2. The normalized spacial score (nSPS) is 12.9. The van der Waals surface area contributed by atoms with E-state index < -0.39 is 0 Å². The Morgan fingerprint density at radius 2 is 2.20 bits per heavy atom. The van der Waals surface area contributed by atoms with E-state index in [4.69, 9.17) is 11.6 Å². The number of benzene rings is 1. The number of halogens is 1. The van der Waals surface area contributed by atoms with Crippen LogP contribution in [-0.4, -0.2) is 9.97 Å². The van der Waals surface area contributed by atoms with Crippen LogP contribution in [0.2, 0.25) is 5.02 Å². The van der Waals surface area contributed by atoms with Crippen LogP contribution >= 0.6 is 22.9 Å². The van der Waals surface area contributed by atoms with E-state index in [1.54, 1.807) is 11.3 Å². The van der Waals surface area contributed by atoms with Crippen molar-refractivity contribution in [3.05, 3.63) is 51.1 Å². The smallest absolute Gasteiger partial charge is 0.110 e. The fraction of sp³-hybridized carbons (Fsp3) is 0.267. The summed E-state index contributed by atoms with van der Waals surface area (Å²) in [5.74, 6) is 0. The first-order valence-electron chi connectivity index (χ1n) is 6.55. The van der Waals surface area contributed by atoms with Gasteiger partial charge >= 0.3 is 0 Å². The molecule has 0 aliphatic heterocycles. The second kappa shape index (κ2) is 5.56. The minimum Gasteiger partial charge on any atom is -0.356 e. The van der Waals surface area contributed by atoms with Gasteiger partial charge in [-0.15, -0.1) is 11.3 Å². The summed E-state index contributed by atoms with van der Waals surface area (Å²) in [6, 6.07) is 8.30. The van der Waals surface area contributed by atoms with Gasteiger partial charge in [-0.2, -0.15) is 0 Å². The van der Waals surface area contributed by atoms with Crippen molar-refractivity contribution >= 4 is 33.8 Å². The first kappa shape index (κ1) is 13.6. The molecule has 1 aromatic carbocycles. The molecule has 2 heterocycles. The summed E-state index contributed by atoms with van der Waals surface area (Å²) in [6.07, 6.45) is 0. The zero-order chi connectivity index (χ0) is 14.1. The SMILES string of the molecule is Cc1csc(C(C)NCc2[nH]c3ccccc3c2Cl)n1. The number of rotatable bonds is 4. The summed E-state index contributed by atoms with van der Waals surface area (Å²) in [7, 11) is 0. The molecule has 0 aliphatic carbocycles. The van der Waals surface area contributed by atoms with Crippen molar-refractivity contribution in [3.63, 3.8) is 0 Å². The molecule has 20 heavy (non-hydrogen) atoms. The molecule has 2 aromatic heterocycles. The first-order chi connectivity index (χ1) is 9.65. The number of thiazole rings is 1. The Labute approximate surface area is 127 Å². The Kier molecular flexibility index (Phi) is 3.78. The molecule has 3 aromatic rings. The Bertz CT molecular complexity index is 732. The highest BCUT2D eigenvalue weighted by Crippen LogP contribution is 2.27. The molecule has 1 atom stereocenters. The number of fused-ring (bicyclic) bond motifs is 1. The van der Waals surface area contributed by atoms with E-state index in [0.717, 1.165) is 32.3 Å².